The van der Waals surface area contributed by atoms with Gasteiger partial charge in [0.05, 0.1) is 25.1 Å². The summed E-state index contributed by atoms with van der Waals surface area (Å²) >= 11 is 0. The van der Waals surface area contributed by atoms with Crippen molar-refractivity contribution < 1.29 is 9.47 Å². The van der Waals surface area contributed by atoms with Crippen LogP contribution in [0.5, 0.6) is 11.6 Å². The van der Waals surface area contributed by atoms with Gasteiger partial charge < -0.3 is 9.47 Å². The lowest BCUT2D eigenvalue weighted by atomic mass is 10.0. The Labute approximate surface area is 136 Å². The summed E-state index contributed by atoms with van der Waals surface area (Å²) in [5.41, 5.74) is 2.97. The van der Waals surface area contributed by atoms with Crippen LogP contribution >= 0.6 is 0 Å². The third-order valence-electron chi connectivity index (χ3n) is 3.84. The molecule has 0 amide bonds. The molecule has 118 valence electrons. The maximum atomic E-state index is 5.52. The van der Waals surface area contributed by atoms with Crippen LogP contribution in [0.25, 0.3) is 22.3 Å². The topological polar surface area (TPSA) is 44.2 Å². The lowest BCUT2D eigenvalue weighted by molar-refractivity contribution is 0.402. The Hall–Kier alpha value is -2.62. The smallest absolute Gasteiger partial charge is 0.224 e. The monoisotopic (exact) mass is 308 g/mol. The molecule has 0 radical (unpaired) electrons. The first kappa shape index (κ1) is 15.3. The molecule has 3 aromatic rings. The van der Waals surface area contributed by atoms with E-state index >= 15 is 0 Å². The molecule has 0 fully saturated rings. The number of hydrogen-bond donors (Lipinski definition) is 0. The molecule has 0 bridgehead atoms. The van der Waals surface area contributed by atoms with Gasteiger partial charge >= 0.3 is 0 Å². The van der Waals surface area contributed by atoms with Gasteiger partial charge in [-0.05, 0) is 18.6 Å². The summed E-state index contributed by atoms with van der Waals surface area (Å²) in [6.07, 6.45) is 1.91. The third kappa shape index (κ3) is 2.84. The number of rotatable bonds is 5. The van der Waals surface area contributed by atoms with E-state index < -0.39 is 0 Å². The Morgan fingerprint density at radius 2 is 1.70 bits per heavy atom. The molecule has 3 rings (SSSR count). The fourth-order valence-electron chi connectivity index (χ4n) is 2.76. The molecule has 4 nitrogen and oxygen atoms in total. The molecule has 0 saturated heterocycles. The van der Waals surface area contributed by atoms with Crippen molar-refractivity contribution in [3.8, 4) is 23.0 Å². The molecule has 1 heterocycles. The van der Waals surface area contributed by atoms with Gasteiger partial charge in [0, 0.05) is 11.1 Å². The highest BCUT2D eigenvalue weighted by Crippen LogP contribution is 2.33. The largest absolute Gasteiger partial charge is 0.496 e. The van der Waals surface area contributed by atoms with Crippen molar-refractivity contribution in [1.29, 1.82) is 0 Å². The highest BCUT2D eigenvalue weighted by molar-refractivity contribution is 5.89. The highest BCUT2D eigenvalue weighted by atomic mass is 16.5. The minimum absolute atomic E-state index is 0.592. The second kappa shape index (κ2) is 6.65. The fraction of sp³-hybridized carbons (Fsp3) is 0.263. The van der Waals surface area contributed by atoms with E-state index in [-0.39, 0.29) is 0 Å². The van der Waals surface area contributed by atoms with E-state index in [0.717, 1.165) is 40.6 Å². The van der Waals surface area contributed by atoms with E-state index in [1.807, 2.05) is 42.5 Å². The van der Waals surface area contributed by atoms with Crippen molar-refractivity contribution in [3.63, 3.8) is 0 Å². The van der Waals surface area contributed by atoms with Crippen molar-refractivity contribution in [3.05, 3.63) is 48.0 Å². The van der Waals surface area contributed by atoms with Crippen molar-refractivity contribution in [2.45, 2.75) is 19.8 Å². The Morgan fingerprint density at radius 3 is 2.35 bits per heavy atom. The van der Waals surface area contributed by atoms with Gasteiger partial charge in [0.15, 0.2) is 5.82 Å². The van der Waals surface area contributed by atoms with Crippen LogP contribution in [0.4, 0.5) is 0 Å². The van der Waals surface area contributed by atoms with Crippen molar-refractivity contribution in [1.82, 2.24) is 9.97 Å². The number of aromatic nitrogens is 2. The quantitative estimate of drug-likeness (QED) is 0.706. The van der Waals surface area contributed by atoms with E-state index in [2.05, 4.69) is 11.9 Å². The first-order valence-electron chi connectivity index (χ1n) is 7.75. The number of benzene rings is 2. The summed E-state index contributed by atoms with van der Waals surface area (Å²) in [6.45, 7) is 2.15. The zero-order valence-electron chi connectivity index (χ0n) is 13.7. The molecular weight excluding hydrogens is 288 g/mol. The average molecular weight is 308 g/mol. The maximum Gasteiger partial charge on any atom is 0.224 e. The zero-order valence-corrected chi connectivity index (χ0v) is 13.7. The van der Waals surface area contributed by atoms with Crippen molar-refractivity contribution >= 4 is 10.9 Å². The van der Waals surface area contributed by atoms with Gasteiger partial charge in [-0.1, -0.05) is 43.7 Å². The summed E-state index contributed by atoms with van der Waals surface area (Å²) in [5, 5.41) is 0.913. The van der Waals surface area contributed by atoms with Crippen LogP contribution in [0, 0.1) is 0 Å². The van der Waals surface area contributed by atoms with Gasteiger partial charge in [0.25, 0.3) is 0 Å². The SMILES string of the molecule is CCCc1c(OC)ccc2c(OC)nc(-c3ccccc3)nc12. The third-order valence-corrected chi connectivity index (χ3v) is 3.84. The minimum Gasteiger partial charge on any atom is -0.496 e. The van der Waals surface area contributed by atoms with Gasteiger partial charge in [-0.2, -0.15) is 4.98 Å². The predicted octanol–water partition coefficient (Wildman–Crippen LogP) is 4.27. The minimum atomic E-state index is 0.592. The number of ether oxygens (including phenoxy) is 2. The van der Waals surface area contributed by atoms with E-state index in [1.165, 1.54) is 0 Å². The average Bonchev–Trinajstić information content (AvgIpc) is 2.62. The standard InChI is InChI=1S/C19H20N2O2/c1-4-8-14-16(22-2)12-11-15-17(14)20-18(21-19(15)23-3)13-9-6-5-7-10-13/h5-7,9-12H,4,8H2,1-3H3. The molecule has 0 spiro atoms. The van der Waals surface area contributed by atoms with Gasteiger partial charge in [-0.15, -0.1) is 0 Å². The summed E-state index contributed by atoms with van der Waals surface area (Å²) in [5.74, 6) is 2.12. The number of fused-ring (bicyclic) bond motifs is 1. The summed E-state index contributed by atoms with van der Waals surface area (Å²) < 4.78 is 11.0. The van der Waals surface area contributed by atoms with Crippen LogP contribution in [0.3, 0.4) is 0 Å². The molecule has 0 unspecified atom stereocenters. The highest BCUT2D eigenvalue weighted by Gasteiger charge is 2.15. The zero-order chi connectivity index (χ0) is 16.2. The first-order chi connectivity index (χ1) is 11.3. The number of hydrogen-bond acceptors (Lipinski definition) is 4. The molecule has 4 heteroatoms. The van der Waals surface area contributed by atoms with Crippen LogP contribution in [0.2, 0.25) is 0 Å². The lowest BCUT2D eigenvalue weighted by Gasteiger charge is -2.13. The predicted molar refractivity (Wildman–Crippen MR) is 92.1 cm³/mol. The lowest BCUT2D eigenvalue weighted by Crippen LogP contribution is -2.00. The van der Waals surface area contributed by atoms with Crippen LogP contribution in [0.15, 0.2) is 42.5 Å². The molecule has 0 atom stereocenters. The number of methoxy groups -OCH3 is 2. The van der Waals surface area contributed by atoms with Crippen molar-refractivity contribution in [2.75, 3.05) is 14.2 Å². The number of aryl methyl sites for hydroxylation is 1. The normalized spacial score (nSPS) is 10.7. The van der Waals surface area contributed by atoms with Crippen LogP contribution < -0.4 is 9.47 Å². The van der Waals surface area contributed by atoms with Crippen LogP contribution in [-0.2, 0) is 6.42 Å². The Morgan fingerprint density at radius 1 is 0.913 bits per heavy atom. The molecule has 0 aliphatic carbocycles. The van der Waals surface area contributed by atoms with Gasteiger partial charge in [0.1, 0.15) is 5.75 Å². The van der Waals surface area contributed by atoms with E-state index in [9.17, 15) is 0 Å². The van der Waals surface area contributed by atoms with E-state index in [1.54, 1.807) is 14.2 Å². The van der Waals surface area contributed by atoms with Crippen LogP contribution in [0.1, 0.15) is 18.9 Å². The molecule has 0 N–H and O–H groups in total. The van der Waals surface area contributed by atoms with E-state index in [4.69, 9.17) is 14.5 Å². The molecular formula is C19H20N2O2. The molecule has 23 heavy (non-hydrogen) atoms. The summed E-state index contributed by atoms with van der Waals surface area (Å²) in [6, 6.07) is 13.9. The van der Waals surface area contributed by atoms with Gasteiger partial charge in [0.2, 0.25) is 5.88 Å². The number of nitrogens with zero attached hydrogens (tertiary/aromatic N) is 2. The van der Waals surface area contributed by atoms with Gasteiger partial charge in [-0.3, -0.25) is 0 Å². The fourth-order valence-corrected chi connectivity index (χ4v) is 2.76. The summed E-state index contributed by atoms with van der Waals surface area (Å²) in [4.78, 5) is 9.38. The van der Waals surface area contributed by atoms with Crippen molar-refractivity contribution in [2.24, 2.45) is 0 Å². The Kier molecular flexibility index (Phi) is 4.42. The summed E-state index contributed by atoms with van der Waals surface area (Å²) in [7, 11) is 3.33. The molecule has 0 aliphatic heterocycles. The second-order valence-electron chi connectivity index (χ2n) is 5.32. The first-order valence-corrected chi connectivity index (χ1v) is 7.75. The van der Waals surface area contributed by atoms with Gasteiger partial charge in [-0.25, -0.2) is 4.98 Å². The molecule has 0 aliphatic rings. The maximum absolute atomic E-state index is 5.52. The van der Waals surface area contributed by atoms with Crippen LogP contribution in [-0.4, -0.2) is 24.2 Å². The second-order valence-corrected chi connectivity index (χ2v) is 5.32. The molecule has 0 saturated carbocycles. The Balaban J connectivity index is 2.31. The Bertz CT molecular complexity index is 816. The molecule has 1 aromatic heterocycles. The molecule has 2 aromatic carbocycles. The van der Waals surface area contributed by atoms with E-state index in [0.29, 0.717) is 11.7 Å².